The van der Waals surface area contributed by atoms with Crippen molar-refractivity contribution in [2.75, 3.05) is 6.54 Å². The Kier molecular flexibility index (Phi) is 4.93. The number of halogens is 3. The second-order valence-electron chi connectivity index (χ2n) is 4.31. The predicted molar refractivity (Wildman–Crippen MR) is 63.9 cm³/mol. The average molecular weight is 279 g/mol. The predicted octanol–water partition coefficient (Wildman–Crippen LogP) is 0.516. The highest BCUT2D eigenvalue weighted by molar-refractivity contribution is 5.05. The Morgan fingerprint density at radius 3 is 2.47 bits per heavy atom. The summed E-state index contributed by atoms with van der Waals surface area (Å²) in [5.41, 5.74) is -0.533. The van der Waals surface area contributed by atoms with Crippen molar-refractivity contribution in [3.8, 4) is 0 Å². The number of nitrogens with one attached hydrogen (secondary N) is 1. The molecule has 0 saturated carbocycles. The Labute approximate surface area is 107 Å². The van der Waals surface area contributed by atoms with E-state index in [-0.39, 0.29) is 19.5 Å². The van der Waals surface area contributed by atoms with E-state index in [2.05, 4.69) is 5.32 Å². The lowest BCUT2D eigenvalue weighted by atomic mass is 10.3. The molecule has 0 radical (unpaired) electrons. The molecule has 0 unspecified atom stereocenters. The second kappa shape index (κ2) is 6.05. The maximum absolute atomic E-state index is 11.9. The molecule has 0 fully saturated rings. The van der Waals surface area contributed by atoms with Gasteiger partial charge in [0.1, 0.15) is 0 Å². The zero-order valence-electron chi connectivity index (χ0n) is 10.8. The molecular weight excluding hydrogens is 263 g/mol. The minimum absolute atomic E-state index is 0.0461. The number of alkyl halides is 3. The van der Waals surface area contributed by atoms with E-state index in [1.807, 2.05) is 0 Å². The van der Waals surface area contributed by atoms with Crippen molar-refractivity contribution in [1.82, 2.24) is 14.5 Å². The molecule has 0 spiro atoms. The summed E-state index contributed by atoms with van der Waals surface area (Å²) >= 11 is 0. The molecule has 0 aliphatic heterocycles. The van der Waals surface area contributed by atoms with Crippen molar-refractivity contribution in [2.45, 2.75) is 25.6 Å². The Bertz CT molecular complexity index is 546. The first-order valence-electron chi connectivity index (χ1n) is 5.75. The van der Waals surface area contributed by atoms with Crippen LogP contribution in [0.3, 0.4) is 0 Å². The van der Waals surface area contributed by atoms with E-state index in [1.165, 1.54) is 24.9 Å². The molecule has 5 nitrogen and oxygen atoms in total. The number of rotatable bonds is 5. The van der Waals surface area contributed by atoms with Crippen LogP contribution in [0, 0.1) is 0 Å². The minimum atomic E-state index is -4.16. The van der Waals surface area contributed by atoms with E-state index in [0.717, 1.165) is 4.57 Å². The summed E-state index contributed by atoms with van der Waals surface area (Å²) in [6.45, 7) is 0.296. The fraction of sp³-hybridized carbons (Fsp3) is 0.636. The fourth-order valence-corrected chi connectivity index (χ4v) is 1.64. The molecule has 0 aromatic carbocycles. The third-order valence-corrected chi connectivity index (χ3v) is 2.65. The quantitative estimate of drug-likeness (QED) is 0.799. The molecule has 8 heteroatoms. The molecule has 0 aliphatic carbocycles. The van der Waals surface area contributed by atoms with Gasteiger partial charge in [-0.15, -0.1) is 0 Å². The molecule has 0 amide bonds. The number of aromatic nitrogens is 2. The molecule has 0 atom stereocenters. The highest BCUT2D eigenvalue weighted by Crippen LogP contribution is 2.20. The third kappa shape index (κ3) is 4.55. The second-order valence-corrected chi connectivity index (χ2v) is 4.31. The summed E-state index contributed by atoms with van der Waals surface area (Å²) in [7, 11) is 2.87. The van der Waals surface area contributed by atoms with Crippen molar-refractivity contribution in [1.29, 1.82) is 0 Å². The van der Waals surface area contributed by atoms with Gasteiger partial charge < -0.3 is 9.88 Å². The summed E-state index contributed by atoms with van der Waals surface area (Å²) in [6, 6.07) is 0. The zero-order valence-corrected chi connectivity index (χ0v) is 10.8. The Balaban J connectivity index is 2.56. The van der Waals surface area contributed by atoms with Crippen molar-refractivity contribution in [3.05, 3.63) is 32.6 Å². The van der Waals surface area contributed by atoms with Crippen LogP contribution in [0.2, 0.25) is 0 Å². The van der Waals surface area contributed by atoms with E-state index in [0.29, 0.717) is 5.56 Å². The molecule has 0 bridgehead atoms. The molecular formula is C11H16F3N3O2. The van der Waals surface area contributed by atoms with Crippen molar-refractivity contribution in [3.63, 3.8) is 0 Å². The van der Waals surface area contributed by atoms with Crippen LogP contribution in [-0.4, -0.2) is 21.9 Å². The summed E-state index contributed by atoms with van der Waals surface area (Å²) in [4.78, 5) is 23.1. The Morgan fingerprint density at radius 2 is 1.89 bits per heavy atom. The van der Waals surface area contributed by atoms with Crippen LogP contribution < -0.4 is 16.6 Å². The van der Waals surface area contributed by atoms with Gasteiger partial charge in [0.25, 0.3) is 5.56 Å². The van der Waals surface area contributed by atoms with Gasteiger partial charge >= 0.3 is 11.9 Å². The summed E-state index contributed by atoms with van der Waals surface area (Å²) in [5, 5.41) is 2.76. The summed E-state index contributed by atoms with van der Waals surface area (Å²) in [5.74, 6) is 0. The SMILES string of the molecule is Cn1cc(CNCCCC(F)(F)F)c(=O)n(C)c1=O. The van der Waals surface area contributed by atoms with Crippen LogP contribution in [0.15, 0.2) is 15.8 Å². The molecule has 1 aromatic heterocycles. The fourth-order valence-electron chi connectivity index (χ4n) is 1.64. The van der Waals surface area contributed by atoms with Gasteiger partial charge in [0, 0.05) is 38.8 Å². The maximum Gasteiger partial charge on any atom is 0.389 e. The normalized spacial score (nSPS) is 11.8. The van der Waals surface area contributed by atoms with Crippen molar-refractivity contribution >= 4 is 0 Å². The van der Waals surface area contributed by atoms with E-state index >= 15 is 0 Å². The molecule has 108 valence electrons. The van der Waals surface area contributed by atoms with Gasteiger partial charge in [-0.3, -0.25) is 9.36 Å². The van der Waals surface area contributed by atoms with E-state index in [4.69, 9.17) is 0 Å². The molecule has 0 saturated heterocycles. The number of aryl methyl sites for hydroxylation is 1. The smallest absolute Gasteiger partial charge is 0.312 e. The summed E-state index contributed by atoms with van der Waals surface area (Å²) in [6.07, 6.45) is -3.67. The van der Waals surface area contributed by atoms with Gasteiger partial charge in [-0.25, -0.2) is 4.79 Å². The van der Waals surface area contributed by atoms with Crippen LogP contribution in [0.5, 0.6) is 0 Å². The highest BCUT2D eigenvalue weighted by Gasteiger charge is 2.25. The van der Waals surface area contributed by atoms with Crippen LogP contribution >= 0.6 is 0 Å². The van der Waals surface area contributed by atoms with Crippen LogP contribution in [0.25, 0.3) is 0 Å². The standard InChI is InChI=1S/C11H16F3N3O2/c1-16-7-8(9(18)17(2)10(16)19)6-15-5-3-4-11(12,13)14/h7,15H,3-6H2,1-2H3. The van der Waals surface area contributed by atoms with Gasteiger partial charge in [-0.1, -0.05) is 0 Å². The molecule has 19 heavy (non-hydrogen) atoms. The highest BCUT2D eigenvalue weighted by atomic mass is 19.4. The van der Waals surface area contributed by atoms with Gasteiger partial charge in [0.05, 0.1) is 0 Å². The van der Waals surface area contributed by atoms with Gasteiger partial charge in [0.15, 0.2) is 0 Å². The minimum Gasteiger partial charge on any atom is -0.312 e. The van der Waals surface area contributed by atoms with Crippen molar-refractivity contribution < 1.29 is 13.2 Å². The van der Waals surface area contributed by atoms with Crippen molar-refractivity contribution in [2.24, 2.45) is 14.1 Å². The Morgan fingerprint density at radius 1 is 1.26 bits per heavy atom. The monoisotopic (exact) mass is 279 g/mol. The first kappa shape index (κ1) is 15.5. The largest absolute Gasteiger partial charge is 0.389 e. The van der Waals surface area contributed by atoms with E-state index < -0.39 is 23.8 Å². The molecule has 1 N–H and O–H groups in total. The average Bonchev–Trinajstić information content (AvgIpc) is 2.31. The lowest BCUT2D eigenvalue weighted by Gasteiger charge is -2.09. The van der Waals surface area contributed by atoms with Gasteiger partial charge in [0.2, 0.25) is 0 Å². The van der Waals surface area contributed by atoms with Crippen LogP contribution in [-0.2, 0) is 20.6 Å². The van der Waals surface area contributed by atoms with Gasteiger partial charge in [-0.2, -0.15) is 13.2 Å². The molecule has 1 rings (SSSR count). The third-order valence-electron chi connectivity index (χ3n) is 2.65. The molecule has 1 aromatic rings. The van der Waals surface area contributed by atoms with E-state index in [9.17, 15) is 22.8 Å². The first-order valence-corrected chi connectivity index (χ1v) is 5.75. The lowest BCUT2D eigenvalue weighted by Crippen LogP contribution is -2.39. The molecule has 0 aliphatic rings. The van der Waals surface area contributed by atoms with Gasteiger partial charge in [-0.05, 0) is 13.0 Å². The van der Waals surface area contributed by atoms with Crippen LogP contribution in [0.4, 0.5) is 13.2 Å². The zero-order chi connectivity index (χ0) is 14.6. The lowest BCUT2D eigenvalue weighted by molar-refractivity contribution is -0.135. The molecule has 1 heterocycles. The Hall–Kier alpha value is -1.57. The number of nitrogens with zero attached hydrogens (tertiary/aromatic N) is 2. The first-order chi connectivity index (χ1) is 8.72. The summed E-state index contributed by atoms with van der Waals surface area (Å²) < 4.78 is 37.9. The number of hydrogen-bond acceptors (Lipinski definition) is 3. The van der Waals surface area contributed by atoms with Crippen LogP contribution in [0.1, 0.15) is 18.4 Å². The maximum atomic E-state index is 11.9. The number of hydrogen-bond donors (Lipinski definition) is 1. The topological polar surface area (TPSA) is 56.0 Å². The van der Waals surface area contributed by atoms with E-state index in [1.54, 1.807) is 0 Å².